The second-order valence-electron chi connectivity index (χ2n) is 4.19. The lowest BCUT2D eigenvalue weighted by molar-refractivity contribution is 0.484. The normalized spacial score (nSPS) is 10.8. The number of nitrogen functional groups attached to an aromatic ring is 1. The maximum atomic E-state index is 11.4. The van der Waals surface area contributed by atoms with Crippen LogP contribution in [-0.4, -0.2) is 23.1 Å². The van der Waals surface area contributed by atoms with Crippen molar-refractivity contribution in [2.75, 3.05) is 23.7 Å². The lowest BCUT2D eigenvalue weighted by Gasteiger charge is -2.26. The number of nitrogens with one attached hydrogen (secondary N) is 1. The van der Waals surface area contributed by atoms with Gasteiger partial charge in [-0.25, -0.2) is 4.98 Å². The number of nitrogens with two attached hydrogens (primary N) is 1. The SMILES string of the molecule is CCC(CC)CN(CC)c1nc[nH]c(=O)c1N. The Bertz CT molecular complexity index is 398. The molecule has 0 fully saturated rings. The summed E-state index contributed by atoms with van der Waals surface area (Å²) in [6.45, 7) is 8.10. The molecule has 0 aromatic carbocycles. The highest BCUT2D eigenvalue weighted by molar-refractivity contribution is 5.60. The van der Waals surface area contributed by atoms with Gasteiger partial charge in [-0.1, -0.05) is 26.7 Å². The van der Waals surface area contributed by atoms with Crippen molar-refractivity contribution in [1.82, 2.24) is 9.97 Å². The Kier molecular flexibility index (Phi) is 5.00. The van der Waals surface area contributed by atoms with Gasteiger partial charge in [0.2, 0.25) is 0 Å². The van der Waals surface area contributed by atoms with E-state index in [1.165, 1.54) is 6.33 Å². The fourth-order valence-electron chi connectivity index (χ4n) is 1.88. The molecule has 0 amide bonds. The molecule has 0 aliphatic heterocycles. The van der Waals surface area contributed by atoms with Crippen LogP contribution in [0.15, 0.2) is 11.1 Å². The Morgan fingerprint density at radius 1 is 1.41 bits per heavy atom. The van der Waals surface area contributed by atoms with Gasteiger partial charge in [0.15, 0.2) is 5.82 Å². The molecule has 17 heavy (non-hydrogen) atoms. The number of nitrogens with zero attached hydrogens (tertiary/aromatic N) is 2. The van der Waals surface area contributed by atoms with Gasteiger partial charge >= 0.3 is 0 Å². The fraction of sp³-hybridized carbons (Fsp3) is 0.667. The highest BCUT2D eigenvalue weighted by atomic mass is 16.1. The van der Waals surface area contributed by atoms with E-state index in [1.54, 1.807) is 0 Å². The molecule has 0 saturated heterocycles. The van der Waals surface area contributed by atoms with E-state index in [9.17, 15) is 4.79 Å². The average Bonchev–Trinajstić information content (AvgIpc) is 2.35. The first-order chi connectivity index (χ1) is 8.13. The van der Waals surface area contributed by atoms with Gasteiger partial charge in [-0.15, -0.1) is 0 Å². The number of hydrogen-bond acceptors (Lipinski definition) is 4. The van der Waals surface area contributed by atoms with Crippen molar-refractivity contribution >= 4 is 11.5 Å². The van der Waals surface area contributed by atoms with E-state index in [4.69, 9.17) is 5.73 Å². The highest BCUT2D eigenvalue weighted by Gasteiger charge is 2.15. The van der Waals surface area contributed by atoms with E-state index in [1.807, 2.05) is 6.92 Å². The lowest BCUT2D eigenvalue weighted by Crippen LogP contribution is -2.32. The van der Waals surface area contributed by atoms with Crippen LogP contribution in [-0.2, 0) is 0 Å². The Labute approximate surface area is 102 Å². The monoisotopic (exact) mass is 238 g/mol. The molecule has 1 aromatic heterocycles. The third-order valence-electron chi connectivity index (χ3n) is 3.18. The summed E-state index contributed by atoms with van der Waals surface area (Å²) >= 11 is 0. The van der Waals surface area contributed by atoms with Gasteiger partial charge in [-0.3, -0.25) is 4.79 Å². The van der Waals surface area contributed by atoms with Crippen LogP contribution in [0.5, 0.6) is 0 Å². The summed E-state index contributed by atoms with van der Waals surface area (Å²) in [6.07, 6.45) is 3.65. The minimum absolute atomic E-state index is 0.209. The predicted molar refractivity (Wildman–Crippen MR) is 71.2 cm³/mol. The first-order valence-electron chi connectivity index (χ1n) is 6.22. The number of aromatic nitrogens is 2. The smallest absolute Gasteiger partial charge is 0.276 e. The van der Waals surface area contributed by atoms with Crippen molar-refractivity contribution in [3.63, 3.8) is 0 Å². The molecule has 0 atom stereocenters. The number of H-pyrrole nitrogens is 1. The minimum Gasteiger partial charge on any atom is -0.391 e. The summed E-state index contributed by atoms with van der Waals surface area (Å²) in [5.41, 5.74) is 5.71. The lowest BCUT2D eigenvalue weighted by atomic mass is 10.0. The summed E-state index contributed by atoms with van der Waals surface area (Å²) in [5, 5.41) is 0. The van der Waals surface area contributed by atoms with Crippen molar-refractivity contribution in [1.29, 1.82) is 0 Å². The molecule has 0 bridgehead atoms. The van der Waals surface area contributed by atoms with Crippen LogP contribution in [0.1, 0.15) is 33.6 Å². The maximum Gasteiger partial charge on any atom is 0.276 e. The van der Waals surface area contributed by atoms with Gasteiger partial charge in [0.25, 0.3) is 5.56 Å². The second-order valence-corrected chi connectivity index (χ2v) is 4.19. The van der Waals surface area contributed by atoms with Crippen LogP contribution in [0.25, 0.3) is 0 Å². The van der Waals surface area contributed by atoms with Gasteiger partial charge in [0.1, 0.15) is 5.69 Å². The van der Waals surface area contributed by atoms with Crippen LogP contribution in [0.4, 0.5) is 11.5 Å². The molecule has 1 heterocycles. The largest absolute Gasteiger partial charge is 0.391 e. The average molecular weight is 238 g/mol. The van der Waals surface area contributed by atoms with Crippen molar-refractivity contribution in [3.05, 3.63) is 16.7 Å². The molecule has 0 radical (unpaired) electrons. The maximum absolute atomic E-state index is 11.4. The molecule has 1 rings (SSSR count). The zero-order chi connectivity index (χ0) is 12.8. The van der Waals surface area contributed by atoms with E-state index in [2.05, 4.69) is 28.7 Å². The molecular formula is C12H22N4O. The molecule has 1 aromatic rings. The van der Waals surface area contributed by atoms with Crippen LogP contribution >= 0.6 is 0 Å². The number of rotatable bonds is 6. The van der Waals surface area contributed by atoms with Gasteiger partial charge in [0.05, 0.1) is 6.33 Å². The molecule has 0 spiro atoms. The number of hydrogen-bond donors (Lipinski definition) is 2. The first kappa shape index (κ1) is 13.5. The van der Waals surface area contributed by atoms with Gasteiger partial charge in [-0.05, 0) is 12.8 Å². The summed E-state index contributed by atoms with van der Waals surface area (Å²) in [5.74, 6) is 1.21. The van der Waals surface area contributed by atoms with Crippen molar-refractivity contribution < 1.29 is 0 Å². The molecule has 5 heteroatoms. The highest BCUT2D eigenvalue weighted by Crippen LogP contribution is 2.18. The minimum atomic E-state index is -0.266. The van der Waals surface area contributed by atoms with Crippen molar-refractivity contribution in [2.45, 2.75) is 33.6 Å². The Morgan fingerprint density at radius 2 is 2.06 bits per heavy atom. The summed E-state index contributed by atoms with van der Waals surface area (Å²) in [4.78, 5) is 20.2. The Hall–Kier alpha value is -1.52. The van der Waals surface area contributed by atoms with Crippen molar-refractivity contribution in [2.24, 2.45) is 5.92 Å². The van der Waals surface area contributed by atoms with E-state index >= 15 is 0 Å². The molecule has 0 unspecified atom stereocenters. The molecule has 0 saturated carbocycles. The fourth-order valence-corrected chi connectivity index (χ4v) is 1.88. The Balaban J connectivity index is 2.93. The van der Waals surface area contributed by atoms with Gasteiger partial charge in [0, 0.05) is 13.1 Å². The summed E-state index contributed by atoms with van der Waals surface area (Å²) < 4.78 is 0. The van der Waals surface area contributed by atoms with E-state index in [0.717, 1.165) is 25.9 Å². The molecular weight excluding hydrogens is 216 g/mol. The third kappa shape index (κ3) is 3.22. The third-order valence-corrected chi connectivity index (χ3v) is 3.18. The van der Waals surface area contributed by atoms with Crippen LogP contribution in [0, 0.1) is 5.92 Å². The predicted octanol–water partition coefficient (Wildman–Crippen LogP) is 1.61. The molecule has 3 N–H and O–H groups in total. The summed E-state index contributed by atoms with van der Waals surface area (Å²) in [6, 6.07) is 0. The zero-order valence-corrected chi connectivity index (χ0v) is 10.9. The topological polar surface area (TPSA) is 75.0 Å². The van der Waals surface area contributed by atoms with Gasteiger partial charge < -0.3 is 15.6 Å². The van der Waals surface area contributed by atoms with Gasteiger partial charge in [-0.2, -0.15) is 0 Å². The zero-order valence-electron chi connectivity index (χ0n) is 10.9. The molecule has 96 valence electrons. The van der Waals surface area contributed by atoms with Crippen LogP contribution < -0.4 is 16.2 Å². The molecule has 0 aliphatic rings. The molecule has 0 aliphatic carbocycles. The number of anilines is 2. The standard InChI is InChI=1S/C12H22N4O/c1-4-9(5-2)7-16(6-3)11-10(13)12(17)15-8-14-11/h8-9H,4-7,13H2,1-3H3,(H,14,15,17). The van der Waals surface area contributed by atoms with E-state index < -0.39 is 0 Å². The van der Waals surface area contributed by atoms with Crippen LogP contribution in [0.3, 0.4) is 0 Å². The summed E-state index contributed by atoms with van der Waals surface area (Å²) in [7, 11) is 0. The van der Waals surface area contributed by atoms with E-state index in [0.29, 0.717) is 11.7 Å². The van der Waals surface area contributed by atoms with E-state index in [-0.39, 0.29) is 11.2 Å². The van der Waals surface area contributed by atoms with Crippen LogP contribution in [0.2, 0.25) is 0 Å². The quantitative estimate of drug-likeness (QED) is 0.789. The number of aromatic amines is 1. The van der Waals surface area contributed by atoms with Crippen molar-refractivity contribution in [3.8, 4) is 0 Å². The second kappa shape index (κ2) is 6.27. The first-order valence-corrected chi connectivity index (χ1v) is 6.22. The Morgan fingerprint density at radius 3 is 2.59 bits per heavy atom. The molecule has 5 nitrogen and oxygen atoms in total.